The normalized spacial score (nSPS) is 24.9. The van der Waals surface area contributed by atoms with E-state index in [1.807, 2.05) is 0 Å². The topological polar surface area (TPSA) is 21.3 Å². The molecule has 14 heavy (non-hydrogen) atoms. The van der Waals surface area contributed by atoms with Crippen molar-refractivity contribution in [1.82, 2.24) is 5.32 Å². The van der Waals surface area contributed by atoms with Gasteiger partial charge in [0.1, 0.15) is 0 Å². The van der Waals surface area contributed by atoms with Gasteiger partial charge < -0.3 is 10.1 Å². The van der Waals surface area contributed by atoms with Crippen LogP contribution in [0.5, 0.6) is 0 Å². The summed E-state index contributed by atoms with van der Waals surface area (Å²) in [6, 6.07) is 0.560. The van der Waals surface area contributed by atoms with Crippen molar-refractivity contribution in [3.05, 3.63) is 0 Å². The van der Waals surface area contributed by atoms with Gasteiger partial charge in [0, 0.05) is 17.9 Å². The summed E-state index contributed by atoms with van der Waals surface area (Å²) in [5.41, 5.74) is 0. The second kappa shape index (κ2) is 7.55. The third-order valence-corrected chi connectivity index (χ3v) is 4.15. The van der Waals surface area contributed by atoms with Gasteiger partial charge in [-0.3, -0.25) is 0 Å². The van der Waals surface area contributed by atoms with Gasteiger partial charge in [0.25, 0.3) is 0 Å². The standard InChI is InChI=1S/C11H23NOS/c1-3-12-10(9-13-4-2)11-7-5-6-8-14-11/h10-12H,3-9H2,1-2H3. The van der Waals surface area contributed by atoms with Crippen LogP contribution < -0.4 is 5.32 Å². The third-order valence-electron chi connectivity index (χ3n) is 2.63. The van der Waals surface area contributed by atoms with Gasteiger partial charge in [-0.25, -0.2) is 0 Å². The lowest BCUT2D eigenvalue weighted by Crippen LogP contribution is -2.42. The van der Waals surface area contributed by atoms with Gasteiger partial charge in [-0.2, -0.15) is 11.8 Å². The molecule has 1 rings (SSSR count). The monoisotopic (exact) mass is 217 g/mol. The highest BCUT2D eigenvalue weighted by molar-refractivity contribution is 8.00. The summed E-state index contributed by atoms with van der Waals surface area (Å²) in [4.78, 5) is 0. The summed E-state index contributed by atoms with van der Waals surface area (Å²) < 4.78 is 5.53. The second-order valence-corrected chi connectivity index (χ2v) is 5.08. The quantitative estimate of drug-likeness (QED) is 0.737. The van der Waals surface area contributed by atoms with Crippen molar-refractivity contribution < 1.29 is 4.74 Å². The first-order valence-corrected chi connectivity index (χ1v) is 6.86. The minimum Gasteiger partial charge on any atom is -0.380 e. The smallest absolute Gasteiger partial charge is 0.0630 e. The molecule has 0 spiro atoms. The Morgan fingerprint density at radius 3 is 2.86 bits per heavy atom. The van der Waals surface area contributed by atoms with Crippen molar-refractivity contribution in [2.45, 2.75) is 44.4 Å². The van der Waals surface area contributed by atoms with Crippen molar-refractivity contribution in [2.75, 3.05) is 25.5 Å². The molecule has 0 aromatic rings. The lowest BCUT2D eigenvalue weighted by atomic mass is 10.1. The zero-order valence-electron chi connectivity index (χ0n) is 9.42. The van der Waals surface area contributed by atoms with Crippen LogP contribution in [0.4, 0.5) is 0 Å². The maximum absolute atomic E-state index is 5.53. The molecule has 1 saturated heterocycles. The molecule has 3 heteroatoms. The van der Waals surface area contributed by atoms with Crippen LogP contribution in [0, 0.1) is 0 Å². The lowest BCUT2D eigenvalue weighted by molar-refractivity contribution is 0.121. The first kappa shape index (κ1) is 12.3. The Labute approximate surface area is 92.2 Å². The fourth-order valence-corrected chi connectivity index (χ4v) is 3.30. The van der Waals surface area contributed by atoms with Crippen LogP contribution in [0.2, 0.25) is 0 Å². The van der Waals surface area contributed by atoms with E-state index in [1.54, 1.807) is 0 Å². The largest absolute Gasteiger partial charge is 0.380 e. The predicted molar refractivity (Wildman–Crippen MR) is 64.1 cm³/mol. The van der Waals surface area contributed by atoms with Crippen molar-refractivity contribution in [3.63, 3.8) is 0 Å². The third kappa shape index (κ3) is 4.20. The average Bonchev–Trinajstić information content (AvgIpc) is 2.25. The van der Waals surface area contributed by atoms with Gasteiger partial charge in [-0.1, -0.05) is 13.3 Å². The zero-order valence-corrected chi connectivity index (χ0v) is 10.2. The highest BCUT2D eigenvalue weighted by Gasteiger charge is 2.23. The molecule has 0 radical (unpaired) electrons. The van der Waals surface area contributed by atoms with Gasteiger partial charge in [0.2, 0.25) is 0 Å². The molecule has 84 valence electrons. The number of likely N-dealkylation sites (N-methyl/N-ethyl adjacent to an activating group) is 1. The summed E-state index contributed by atoms with van der Waals surface area (Å²) in [6.45, 7) is 7.00. The summed E-state index contributed by atoms with van der Waals surface area (Å²) in [5.74, 6) is 1.33. The molecule has 0 bridgehead atoms. The zero-order chi connectivity index (χ0) is 10.2. The molecule has 0 aromatic heterocycles. The highest BCUT2D eigenvalue weighted by Crippen LogP contribution is 2.27. The van der Waals surface area contributed by atoms with Crippen LogP contribution in [-0.4, -0.2) is 36.8 Å². The van der Waals surface area contributed by atoms with Crippen molar-refractivity contribution in [1.29, 1.82) is 0 Å². The fourth-order valence-electron chi connectivity index (χ4n) is 1.89. The minimum absolute atomic E-state index is 0.560. The first-order valence-electron chi connectivity index (χ1n) is 5.81. The molecule has 0 aromatic carbocycles. The van der Waals surface area contributed by atoms with Crippen LogP contribution >= 0.6 is 11.8 Å². The lowest BCUT2D eigenvalue weighted by Gasteiger charge is -2.30. The van der Waals surface area contributed by atoms with Crippen LogP contribution in [-0.2, 0) is 4.74 Å². The summed E-state index contributed by atoms with van der Waals surface area (Å²) >= 11 is 2.12. The Morgan fingerprint density at radius 2 is 2.29 bits per heavy atom. The molecule has 1 N–H and O–H groups in total. The molecule has 1 aliphatic heterocycles. The van der Waals surface area contributed by atoms with Crippen LogP contribution in [0.25, 0.3) is 0 Å². The predicted octanol–water partition coefficient (Wildman–Crippen LogP) is 2.29. The van der Waals surface area contributed by atoms with E-state index in [0.717, 1.165) is 25.0 Å². The molecule has 0 saturated carbocycles. The Hall–Kier alpha value is 0.270. The molecule has 1 heterocycles. The Kier molecular flexibility index (Phi) is 6.65. The molecular formula is C11H23NOS. The van der Waals surface area contributed by atoms with Crippen LogP contribution in [0.3, 0.4) is 0 Å². The van der Waals surface area contributed by atoms with Crippen molar-refractivity contribution in [3.8, 4) is 0 Å². The molecule has 0 amide bonds. The summed E-state index contributed by atoms with van der Waals surface area (Å²) in [7, 11) is 0. The minimum atomic E-state index is 0.560. The maximum atomic E-state index is 5.53. The van der Waals surface area contributed by atoms with E-state index < -0.39 is 0 Å². The van der Waals surface area contributed by atoms with Crippen molar-refractivity contribution in [2.24, 2.45) is 0 Å². The molecule has 1 aliphatic rings. The Bertz CT molecular complexity index is 137. The van der Waals surface area contributed by atoms with E-state index in [4.69, 9.17) is 4.74 Å². The number of ether oxygens (including phenoxy) is 1. The molecule has 2 unspecified atom stereocenters. The van der Waals surface area contributed by atoms with Crippen LogP contribution in [0.1, 0.15) is 33.1 Å². The van der Waals surface area contributed by atoms with Crippen LogP contribution in [0.15, 0.2) is 0 Å². The molecule has 1 fully saturated rings. The number of hydrogen-bond acceptors (Lipinski definition) is 3. The van der Waals surface area contributed by atoms with E-state index >= 15 is 0 Å². The second-order valence-electron chi connectivity index (χ2n) is 3.73. The first-order chi connectivity index (χ1) is 6.88. The van der Waals surface area contributed by atoms with E-state index in [-0.39, 0.29) is 0 Å². The van der Waals surface area contributed by atoms with E-state index in [0.29, 0.717) is 6.04 Å². The van der Waals surface area contributed by atoms with Gasteiger partial charge >= 0.3 is 0 Å². The van der Waals surface area contributed by atoms with Gasteiger partial charge in [0.15, 0.2) is 0 Å². The maximum Gasteiger partial charge on any atom is 0.0630 e. The fraction of sp³-hybridized carbons (Fsp3) is 1.00. The Balaban J connectivity index is 2.30. The van der Waals surface area contributed by atoms with E-state index in [9.17, 15) is 0 Å². The summed E-state index contributed by atoms with van der Waals surface area (Å²) in [6.07, 6.45) is 4.15. The number of nitrogens with one attached hydrogen (secondary N) is 1. The average molecular weight is 217 g/mol. The molecular weight excluding hydrogens is 194 g/mol. The van der Waals surface area contributed by atoms with Gasteiger partial charge in [-0.15, -0.1) is 0 Å². The summed E-state index contributed by atoms with van der Waals surface area (Å²) in [5, 5.41) is 4.31. The molecule has 0 aliphatic carbocycles. The van der Waals surface area contributed by atoms with Gasteiger partial charge in [0.05, 0.1) is 6.61 Å². The number of thioether (sulfide) groups is 1. The molecule has 2 atom stereocenters. The number of hydrogen-bond donors (Lipinski definition) is 1. The molecule has 2 nitrogen and oxygen atoms in total. The Morgan fingerprint density at radius 1 is 1.43 bits per heavy atom. The highest BCUT2D eigenvalue weighted by atomic mass is 32.2. The number of rotatable bonds is 6. The SMILES string of the molecule is CCNC(COCC)C1CCCCS1. The van der Waals surface area contributed by atoms with E-state index in [1.165, 1.54) is 25.0 Å². The van der Waals surface area contributed by atoms with E-state index in [2.05, 4.69) is 30.9 Å². The van der Waals surface area contributed by atoms with Crippen molar-refractivity contribution >= 4 is 11.8 Å². The van der Waals surface area contributed by atoms with Gasteiger partial charge in [-0.05, 0) is 32.1 Å².